The molecule has 0 fully saturated rings. The van der Waals surface area contributed by atoms with Crippen LogP contribution in [0.5, 0.6) is 0 Å². The Balaban J connectivity index is 1.68. The van der Waals surface area contributed by atoms with Crippen molar-refractivity contribution >= 4 is 11.9 Å². The van der Waals surface area contributed by atoms with Gasteiger partial charge in [-0.15, -0.1) is 0 Å². The number of hydrogen-bond acceptors (Lipinski definition) is 3. The first-order chi connectivity index (χ1) is 14.0. The molecule has 2 aromatic carbocycles. The lowest BCUT2D eigenvalue weighted by Gasteiger charge is -2.22. The van der Waals surface area contributed by atoms with Crippen molar-refractivity contribution < 1.29 is 18.7 Å². The van der Waals surface area contributed by atoms with Gasteiger partial charge in [0, 0.05) is 17.2 Å². The zero-order chi connectivity index (χ0) is 20.8. The third-order valence-corrected chi connectivity index (χ3v) is 5.31. The fourth-order valence-corrected chi connectivity index (χ4v) is 3.83. The highest BCUT2D eigenvalue weighted by Crippen LogP contribution is 2.35. The average Bonchev–Trinajstić information content (AvgIpc) is 3.18. The normalized spacial score (nSPS) is 19.0. The zero-order valence-electron chi connectivity index (χ0n) is 16.7. The average molecular weight is 395 g/mol. The minimum Gasteiger partial charge on any atom is -0.469 e. The van der Waals surface area contributed by atoms with Crippen molar-refractivity contribution in [1.29, 1.82) is 0 Å². The van der Waals surface area contributed by atoms with Crippen molar-refractivity contribution in [2.75, 3.05) is 7.11 Å². The van der Waals surface area contributed by atoms with Crippen LogP contribution in [-0.4, -0.2) is 25.0 Å². The smallest absolute Gasteiger partial charge is 0.313 e. The minimum absolute atomic E-state index is 0.163. The van der Waals surface area contributed by atoms with Crippen LogP contribution in [0.2, 0.25) is 0 Å². The summed E-state index contributed by atoms with van der Waals surface area (Å²) >= 11 is 0. The fourth-order valence-electron chi connectivity index (χ4n) is 3.83. The largest absolute Gasteiger partial charge is 0.469 e. The van der Waals surface area contributed by atoms with Crippen molar-refractivity contribution in [3.63, 3.8) is 0 Å². The molecule has 3 rings (SSSR count). The Morgan fingerprint density at radius 3 is 2.52 bits per heavy atom. The second kappa shape index (κ2) is 9.50. The molecule has 0 unspecified atom stereocenters. The maximum atomic E-state index is 14.3. The Bertz CT molecular complexity index is 891. The number of allylic oxidation sites excluding steroid dienone is 1. The van der Waals surface area contributed by atoms with E-state index in [9.17, 15) is 14.0 Å². The van der Waals surface area contributed by atoms with Crippen LogP contribution in [0.4, 0.5) is 4.39 Å². The van der Waals surface area contributed by atoms with Crippen LogP contribution < -0.4 is 5.32 Å². The summed E-state index contributed by atoms with van der Waals surface area (Å²) in [6, 6.07) is 13.6. The first kappa shape index (κ1) is 20.8. The molecule has 2 aromatic rings. The standard InChI is InChI=1S/C24H26FNO3/c1-3-6-16-9-11-17(12-10-16)23(27)26-19-14-13-18(15-19)22(24(28)29-2)20-7-4-5-8-21(20)25/h4-5,7-14,18-19,22H,3,6,15H2,1-2H3,(H,26,27)/t18-,19+,22-/m0/s1. The number of nitrogens with one attached hydrogen (secondary N) is 1. The predicted molar refractivity (Wildman–Crippen MR) is 110 cm³/mol. The maximum absolute atomic E-state index is 14.3. The molecular formula is C24H26FNO3. The van der Waals surface area contributed by atoms with Crippen LogP contribution in [0, 0.1) is 11.7 Å². The van der Waals surface area contributed by atoms with Gasteiger partial charge in [-0.25, -0.2) is 4.39 Å². The van der Waals surface area contributed by atoms with Gasteiger partial charge in [-0.1, -0.05) is 55.8 Å². The van der Waals surface area contributed by atoms with E-state index >= 15 is 0 Å². The van der Waals surface area contributed by atoms with E-state index in [-0.39, 0.29) is 17.9 Å². The van der Waals surface area contributed by atoms with Gasteiger partial charge in [0.05, 0.1) is 13.0 Å². The van der Waals surface area contributed by atoms with E-state index in [2.05, 4.69) is 12.2 Å². The molecule has 0 radical (unpaired) electrons. The summed E-state index contributed by atoms with van der Waals surface area (Å²) in [4.78, 5) is 24.9. The Morgan fingerprint density at radius 2 is 1.86 bits per heavy atom. The summed E-state index contributed by atoms with van der Waals surface area (Å²) in [7, 11) is 1.30. The molecule has 0 heterocycles. The fraction of sp³-hybridized carbons (Fsp3) is 0.333. The van der Waals surface area contributed by atoms with Crippen molar-refractivity contribution in [3.05, 3.63) is 83.2 Å². The van der Waals surface area contributed by atoms with Crippen LogP contribution in [-0.2, 0) is 16.0 Å². The molecule has 152 valence electrons. The highest BCUT2D eigenvalue weighted by molar-refractivity contribution is 5.94. The van der Waals surface area contributed by atoms with Crippen LogP contribution in [0.15, 0.2) is 60.7 Å². The van der Waals surface area contributed by atoms with E-state index in [1.807, 2.05) is 36.4 Å². The van der Waals surface area contributed by atoms with Gasteiger partial charge < -0.3 is 10.1 Å². The van der Waals surface area contributed by atoms with E-state index in [0.29, 0.717) is 17.5 Å². The highest BCUT2D eigenvalue weighted by Gasteiger charge is 2.35. The van der Waals surface area contributed by atoms with E-state index in [1.54, 1.807) is 18.2 Å². The predicted octanol–water partition coefficient (Wildman–Crippen LogP) is 4.41. The van der Waals surface area contributed by atoms with Crippen molar-refractivity contribution in [3.8, 4) is 0 Å². The zero-order valence-corrected chi connectivity index (χ0v) is 16.7. The molecule has 1 aliphatic rings. The van der Waals surface area contributed by atoms with E-state index in [0.717, 1.165) is 12.8 Å². The molecular weight excluding hydrogens is 369 g/mol. The van der Waals surface area contributed by atoms with Gasteiger partial charge in [0.1, 0.15) is 5.82 Å². The molecule has 0 aromatic heterocycles. The quantitative estimate of drug-likeness (QED) is 0.558. The van der Waals surface area contributed by atoms with Crippen molar-refractivity contribution in [1.82, 2.24) is 5.32 Å². The molecule has 0 saturated heterocycles. The summed E-state index contributed by atoms with van der Waals surface area (Å²) in [5, 5.41) is 2.98. The van der Waals surface area contributed by atoms with Gasteiger partial charge in [0.15, 0.2) is 0 Å². The monoisotopic (exact) mass is 395 g/mol. The molecule has 0 aliphatic heterocycles. The summed E-state index contributed by atoms with van der Waals surface area (Å²) < 4.78 is 19.2. The highest BCUT2D eigenvalue weighted by atomic mass is 19.1. The molecule has 0 saturated carbocycles. The number of amides is 1. The third-order valence-electron chi connectivity index (χ3n) is 5.31. The Morgan fingerprint density at radius 1 is 1.14 bits per heavy atom. The summed E-state index contributed by atoms with van der Waals surface area (Å²) in [6.45, 7) is 2.12. The van der Waals surface area contributed by atoms with Crippen LogP contribution in [0.25, 0.3) is 0 Å². The number of halogens is 1. The van der Waals surface area contributed by atoms with Crippen LogP contribution in [0.3, 0.4) is 0 Å². The van der Waals surface area contributed by atoms with E-state index in [4.69, 9.17) is 4.74 Å². The van der Waals surface area contributed by atoms with Gasteiger partial charge in [0.25, 0.3) is 5.91 Å². The van der Waals surface area contributed by atoms with E-state index in [1.165, 1.54) is 18.7 Å². The molecule has 3 atom stereocenters. The molecule has 1 aliphatic carbocycles. The SMILES string of the molecule is CCCc1ccc(C(=O)N[C@@H]2C=C[C@H]([C@H](C(=O)OC)c3ccccc3F)C2)cc1. The molecule has 1 N–H and O–H groups in total. The lowest BCUT2D eigenvalue weighted by atomic mass is 9.85. The summed E-state index contributed by atoms with van der Waals surface area (Å²) in [6.07, 6.45) is 6.28. The number of carbonyl (C=O) groups excluding carboxylic acids is 2. The molecule has 0 bridgehead atoms. The summed E-state index contributed by atoms with van der Waals surface area (Å²) in [5.41, 5.74) is 2.11. The lowest BCUT2D eigenvalue weighted by molar-refractivity contribution is -0.143. The second-order valence-electron chi connectivity index (χ2n) is 7.33. The van der Waals surface area contributed by atoms with Gasteiger partial charge in [-0.2, -0.15) is 0 Å². The third kappa shape index (κ3) is 4.91. The topological polar surface area (TPSA) is 55.4 Å². The summed E-state index contributed by atoms with van der Waals surface area (Å²) in [5.74, 6) is -2.08. The molecule has 4 nitrogen and oxygen atoms in total. The first-order valence-electron chi connectivity index (χ1n) is 9.93. The van der Waals surface area contributed by atoms with E-state index < -0.39 is 17.7 Å². The Hall–Kier alpha value is -2.95. The number of hydrogen-bond donors (Lipinski definition) is 1. The lowest BCUT2D eigenvalue weighted by Crippen LogP contribution is -2.33. The number of ether oxygens (including phenoxy) is 1. The van der Waals surface area contributed by atoms with Gasteiger partial charge in [0.2, 0.25) is 0 Å². The first-order valence-corrected chi connectivity index (χ1v) is 9.93. The van der Waals surface area contributed by atoms with Crippen LogP contribution >= 0.6 is 0 Å². The van der Waals surface area contributed by atoms with Gasteiger partial charge in [-0.05, 0) is 42.5 Å². The van der Waals surface area contributed by atoms with Gasteiger partial charge in [-0.3, -0.25) is 9.59 Å². The number of esters is 1. The Labute approximate surface area is 170 Å². The molecule has 0 spiro atoms. The molecule has 5 heteroatoms. The van der Waals surface area contributed by atoms with Crippen LogP contribution in [0.1, 0.15) is 47.2 Å². The number of benzene rings is 2. The molecule has 1 amide bonds. The number of methoxy groups -OCH3 is 1. The number of rotatable bonds is 7. The maximum Gasteiger partial charge on any atom is 0.313 e. The number of aryl methyl sites for hydroxylation is 1. The van der Waals surface area contributed by atoms with Gasteiger partial charge >= 0.3 is 5.97 Å². The van der Waals surface area contributed by atoms with Crippen molar-refractivity contribution in [2.24, 2.45) is 5.92 Å². The molecule has 29 heavy (non-hydrogen) atoms. The Kier molecular flexibility index (Phi) is 6.81. The van der Waals surface area contributed by atoms with Crippen molar-refractivity contribution in [2.45, 2.75) is 38.1 Å². The number of carbonyl (C=O) groups is 2. The minimum atomic E-state index is -0.743. The second-order valence-corrected chi connectivity index (χ2v) is 7.33.